The van der Waals surface area contributed by atoms with Gasteiger partial charge in [-0.1, -0.05) is 64.7 Å². The molecule has 0 aliphatic carbocycles. The third-order valence-electron chi connectivity index (χ3n) is 6.22. The Morgan fingerprint density at radius 3 is 2.12 bits per heavy atom. The van der Waals surface area contributed by atoms with Gasteiger partial charge in [-0.15, -0.1) is 0 Å². The van der Waals surface area contributed by atoms with E-state index in [-0.39, 0.29) is 5.60 Å². The number of aromatic hydroxyl groups is 1. The molecule has 1 atom stereocenters. The first-order valence-electron chi connectivity index (χ1n) is 11.0. The molecule has 0 spiro atoms. The van der Waals surface area contributed by atoms with Gasteiger partial charge in [0.25, 0.3) is 0 Å². The van der Waals surface area contributed by atoms with Crippen LogP contribution in [0.3, 0.4) is 0 Å². The summed E-state index contributed by atoms with van der Waals surface area (Å²) in [6.45, 7) is 8.59. The van der Waals surface area contributed by atoms with Crippen molar-refractivity contribution in [1.82, 2.24) is 0 Å². The number of fused-ring (bicyclic) bond motifs is 1. The van der Waals surface area contributed by atoms with E-state index >= 15 is 0 Å². The summed E-state index contributed by atoms with van der Waals surface area (Å²) in [6, 6.07) is 1.90. The molecule has 1 aromatic carbocycles. The minimum Gasteiger partial charge on any atom is -0.508 e. The zero-order valence-electron chi connectivity index (χ0n) is 17.6. The molecule has 1 N–H and O–H groups in total. The number of benzene rings is 1. The summed E-state index contributed by atoms with van der Waals surface area (Å²) in [4.78, 5) is 0. The molecule has 26 heavy (non-hydrogen) atoms. The first-order chi connectivity index (χ1) is 12.5. The molecule has 1 unspecified atom stereocenters. The summed E-state index contributed by atoms with van der Waals surface area (Å²) in [5.74, 6) is 1.43. The van der Waals surface area contributed by atoms with Crippen molar-refractivity contribution in [1.29, 1.82) is 0 Å². The second kappa shape index (κ2) is 10.2. The van der Waals surface area contributed by atoms with E-state index in [9.17, 15) is 5.11 Å². The second-order valence-electron chi connectivity index (χ2n) is 8.62. The standard InChI is InChI=1S/C24H40O2/c1-5-6-7-8-9-10-11-12-13-14-16-24(4)17-15-21-18-22(25)19(2)20(3)23(21)26-24/h18,25H,5-17H2,1-4H3. The molecule has 0 saturated heterocycles. The Hall–Kier alpha value is -1.18. The topological polar surface area (TPSA) is 29.5 Å². The zero-order valence-corrected chi connectivity index (χ0v) is 17.6. The molecule has 2 nitrogen and oxygen atoms in total. The number of hydrogen-bond donors (Lipinski definition) is 1. The fourth-order valence-corrected chi connectivity index (χ4v) is 4.13. The zero-order chi connectivity index (χ0) is 19.0. The van der Waals surface area contributed by atoms with E-state index in [0.717, 1.165) is 36.1 Å². The predicted molar refractivity (Wildman–Crippen MR) is 111 cm³/mol. The van der Waals surface area contributed by atoms with Gasteiger partial charge in [0, 0.05) is 0 Å². The van der Waals surface area contributed by atoms with E-state index < -0.39 is 0 Å². The van der Waals surface area contributed by atoms with E-state index in [1.54, 1.807) is 0 Å². The second-order valence-corrected chi connectivity index (χ2v) is 8.62. The first-order valence-corrected chi connectivity index (χ1v) is 11.0. The van der Waals surface area contributed by atoms with E-state index in [0.29, 0.717) is 5.75 Å². The van der Waals surface area contributed by atoms with Crippen LogP contribution in [0, 0.1) is 13.8 Å². The van der Waals surface area contributed by atoms with Crippen LogP contribution in [0.2, 0.25) is 0 Å². The Bertz CT molecular complexity index is 564. The SMILES string of the molecule is CCCCCCCCCCCCC1(C)CCc2cc(O)c(C)c(C)c2O1. The van der Waals surface area contributed by atoms with Crippen LogP contribution in [0.5, 0.6) is 11.5 Å². The van der Waals surface area contributed by atoms with Crippen molar-refractivity contribution in [2.24, 2.45) is 0 Å². The smallest absolute Gasteiger partial charge is 0.126 e. The van der Waals surface area contributed by atoms with E-state index in [1.165, 1.54) is 69.8 Å². The van der Waals surface area contributed by atoms with Crippen LogP contribution in [0.4, 0.5) is 0 Å². The number of hydrogen-bond acceptors (Lipinski definition) is 2. The molecule has 0 radical (unpaired) electrons. The summed E-state index contributed by atoms with van der Waals surface area (Å²) in [5, 5.41) is 10.0. The van der Waals surface area contributed by atoms with Gasteiger partial charge in [-0.05, 0) is 69.2 Å². The van der Waals surface area contributed by atoms with Gasteiger partial charge in [0.05, 0.1) is 0 Å². The van der Waals surface area contributed by atoms with Gasteiger partial charge in [-0.3, -0.25) is 0 Å². The summed E-state index contributed by atoms with van der Waals surface area (Å²) in [6.07, 6.45) is 17.0. The van der Waals surface area contributed by atoms with E-state index in [1.807, 2.05) is 13.0 Å². The van der Waals surface area contributed by atoms with Crippen LogP contribution in [-0.4, -0.2) is 10.7 Å². The van der Waals surface area contributed by atoms with Gasteiger partial charge in [-0.25, -0.2) is 0 Å². The van der Waals surface area contributed by atoms with Crippen LogP contribution in [-0.2, 0) is 6.42 Å². The quantitative estimate of drug-likeness (QED) is 0.416. The maximum Gasteiger partial charge on any atom is 0.126 e. The molecular formula is C24H40O2. The number of phenolic OH excluding ortho intramolecular Hbond substituents is 1. The van der Waals surface area contributed by atoms with E-state index in [4.69, 9.17) is 4.74 Å². The van der Waals surface area contributed by atoms with Crippen molar-refractivity contribution in [3.8, 4) is 11.5 Å². The molecule has 1 aliphatic rings. The molecular weight excluding hydrogens is 320 g/mol. The third kappa shape index (κ3) is 5.93. The van der Waals surface area contributed by atoms with Crippen LogP contribution in [0.25, 0.3) is 0 Å². The third-order valence-corrected chi connectivity index (χ3v) is 6.22. The average molecular weight is 361 g/mol. The highest BCUT2D eigenvalue weighted by Gasteiger charge is 2.32. The molecule has 1 aromatic rings. The Labute approximate surface area is 161 Å². The number of phenols is 1. The fourth-order valence-electron chi connectivity index (χ4n) is 4.13. The maximum atomic E-state index is 10.0. The van der Waals surface area contributed by atoms with Crippen LogP contribution >= 0.6 is 0 Å². The van der Waals surface area contributed by atoms with Gasteiger partial charge in [0.1, 0.15) is 17.1 Å². The minimum absolute atomic E-state index is 0.0404. The summed E-state index contributed by atoms with van der Waals surface area (Å²) >= 11 is 0. The van der Waals surface area contributed by atoms with Crippen LogP contribution in [0.1, 0.15) is 108 Å². The number of rotatable bonds is 11. The van der Waals surface area contributed by atoms with Gasteiger partial charge in [-0.2, -0.15) is 0 Å². The minimum atomic E-state index is -0.0404. The highest BCUT2D eigenvalue weighted by Crippen LogP contribution is 2.41. The molecule has 0 bridgehead atoms. The lowest BCUT2D eigenvalue weighted by atomic mass is 9.86. The molecule has 148 valence electrons. The fraction of sp³-hybridized carbons (Fsp3) is 0.750. The highest BCUT2D eigenvalue weighted by atomic mass is 16.5. The van der Waals surface area contributed by atoms with E-state index in [2.05, 4.69) is 20.8 Å². The molecule has 2 rings (SSSR count). The molecule has 0 aromatic heterocycles. The molecule has 1 aliphatic heterocycles. The summed E-state index contributed by atoms with van der Waals surface area (Å²) in [7, 11) is 0. The van der Waals surface area contributed by atoms with Crippen molar-refractivity contribution in [2.75, 3.05) is 0 Å². The normalized spacial score (nSPS) is 19.2. The maximum absolute atomic E-state index is 10.0. The van der Waals surface area contributed by atoms with Gasteiger partial charge in [0.15, 0.2) is 0 Å². The van der Waals surface area contributed by atoms with Gasteiger partial charge < -0.3 is 9.84 Å². The Morgan fingerprint density at radius 1 is 0.923 bits per heavy atom. The Kier molecular flexibility index (Phi) is 8.31. The van der Waals surface area contributed by atoms with Crippen LogP contribution in [0.15, 0.2) is 6.07 Å². The lowest BCUT2D eigenvalue weighted by Crippen LogP contribution is -2.36. The summed E-state index contributed by atoms with van der Waals surface area (Å²) in [5.41, 5.74) is 3.19. The van der Waals surface area contributed by atoms with Gasteiger partial charge >= 0.3 is 0 Å². The Morgan fingerprint density at radius 2 is 1.50 bits per heavy atom. The first kappa shape index (κ1) is 21.1. The molecule has 0 amide bonds. The van der Waals surface area contributed by atoms with Crippen molar-refractivity contribution in [3.63, 3.8) is 0 Å². The number of ether oxygens (including phenoxy) is 1. The van der Waals surface area contributed by atoms with Gasteiger partial charge in [0.2, 0.25) is 0 Å². The lowest BCUT2D eigenvalue weighted by Gasteiger charge is -2.37. The van der Waals surface area contributed by atoms with Crippen molar-refractivity contribution in [2.45, 2.75) is 117 Å². The van der Waals surface area contributed by atoms with Crippen molar-refractivity contribution in [3.05, 3.63) is 22.8 Å². The van der Waals surface area contributed by atoms with Crippen molar-refractivity contribution >= 4 is 0 Å². The number of unbranched alkanes of at least 4 members (excludes halogenated alkanes) is 9. The average Bonchev–Trinajstić information content (AvgIpc) is 2.62. The lowest BCUT2D eigenvalue weighted by molar-refractivity contribution is 0.0524. The largest absolute Gasteiger partial charge is 0.508 e. The molecule has 0 fully saturated rings. The predicted octanol–water partition coefficient (Wildman–Crippen LogP) is 7.40. The molecule has 1 heterocycles. The molecule has 2 heteroatoms. The highest BCUT2D eigenvalue weighted by molar-refractivity contribution is 5.53. The van der Waals surface area contributed by atoms with Crippen molar-refractivity contribution < 1.29 is 9.84 Å². The monoisotopic (exact) mass is 360 g/mol. The number of aryl methyl sites for hydroxylation is 1. The molecule has 0 saturated carbocycles. The summed E-state index contributed by atoms with van der Waals surface area (Å²) < 4.78 is 6.46. The van der Waals surface area contributed by atoms with Crippen LogP contribution < -0.4 is 4.74 Å². The Balaban J connectivity index is 1.68.